The molecule has 0 aliphatic heterocycles. The maximum atomic E-state index is 13.0. The summed E-state index contributed by atoms with van der Waals surface area (Å²) >= 11 is 0. The lowest BCUT2D eigenvalue weighted by atomic mass is 10.2. The van der Waals surface area contributed by atoms with Crippen molar-refractivity contribution in [2.75, 3.05) is 0 Å². The number of nitro groups is 1. The zero-order valence-corrected chi connectivity index (χ0v) is 10.6. The zero-order chi connectivity index (χ0) is 15.4. The summed E-state index contributed by atoms with van der Waals surface area (Å²) in [6.07, 6.45) is 0.512. The molecule has 7 heteroatoms. The first kappa shape index (κ1) is 14.6. The molecule has 0 N–H and O–H groups in total. The minimum Gasteiger partial charge on any atom is -0.482 e. The average molecular weight is 293 g/mol. The van der Waals surface area contributed by atoms with Gasteiger partial charge < -0.3 is 4.74 Å². The zero-order valence-electron chi connectivity index (χ0n) is 10.6. The minimum atomic E-state index is -0.773. The molecule has 0 unspecified atom stereocenters. The second kappa shape index (κ2) is 6.08. The summed E-state index contributed by atoms with van der Waals surface area (Å²) in [6, 6.07) is 6.42. The topological polar surface area (TPSA) is 69.4 Å². The molecule has 0 heterocycles. The fraction of sp³-hybridized carbons (Fsp3) is 0.0714. The summed E-state index contributed by atoms with van der Waals surface area (Å²) in [4.78, 5) is 20.9. The van der Waals surface area contributed by atoms with Crippen LogP contribution in [-0.2, 0) is 6.61 Å². The Morgan fingerprint density at radius 2 is 1.81 bits per heavy atom. The Labute approximate surface area is 117 Å². The van der Waals surface area contributed by atoms with Gasteiger partial charge in [0.1, 0.15) is 24.5 Å². The van der Waals surface area contributed by atoms with E-state index in [4.69, 9.17) is 4.74 Å². The molecule has 5 nitrogen and oxygen atoms in total. The smallest absolute Gasteiger partial charge is 0.310 e. The Morgan fingerprint density at radius 3 is 2.38 bits per heavy atom. The molecule has 0 radical (unpaired) electrons. The van der Waals surface area contributed by atoms with E-state index in [1.54, 1.807) is 0 Å². The summed E-state index contributed by atoms with van der Waals surface area (Å²) in [5.41, 5.74) is 0.0387. The molecule has 0 saturated carbocycles. The van der Waals surface area contributed by atoms with Crippen LogP contribution >= 0.6 is 0 Å². The first-order valence-corrected chi connectivity index (χ1v) is 5.81. The molecule has 2 aromatic carbocycles. The fourth-order valence-corrected chi connectivity index (χ4v) is 1.73. The quantitative estimate of drug-likeness (QED) is 0.482. The van der Waals surface area contributed by atoms with E-state index in [0.717, 1.165) is 18.2 Å². The highest BCUT2D eigenvalue weighted by atomic mass is 19.1. The minimum absolute atomic E-state index is 0.144. The van der Waals surface area contributed by atoms with Gasteiger partial charge in [-0.05, 0) is 29.8 Å². The molecular formula is C14H9F2NO4. The predicted octanol–water partition coefficient (Wildman–Crippen LogP) is 3.26. The van der Waals surface area contributed by atoms with Gasteiger partial charge in [-0.15, -0.1) is 0 Å². The molecule has 0 aliphatic carbocycles. The van der Waals surface area contributed by atoms with E-state index in [9.17, 15) is 23.7 Å². The molecule has 0 aliphatic rings. The van der Waals surface area contributed by atoms with Crippen molar-refractivity contribution >= 4 is 12.0 Å². The molecule has 0 fully saturated rings. The van der Waals surface area contributed by atoms with Crippen LogP contribution in [0.3, 0.4) is 0 Å². The molecule has 0 spiro atoms. The van der Waals surface area contributed by atoms with Crippen LogP contribution in [0, 0.1) is 21.7 Å². The number of aldehydes is 1. The first-order valence-electron chi connectivity index (χ1n) is 5.81. The van der Waals surface area contributed by atoms with Crippen LogP contribution < -0.4 is 4.74 Å². The van der Waals surface area contributed by atoms with Gasteiger partial charge in [-0.1, -0.05) is 0 Å². The molecule has 0 atom stereocenters. The van der Waals surface area contributed by atoms with Crippen LogP contribution in [0.4, 0.5) is 14.5 Å². The van der Waals surface area contributed by atoms with Gasteiger partial charge in [0.05, 0.1) is 4.92 Å². The van der Waals surface area contributed by atoms with E-state index in [1.807, 2.05) is 0 Å². The second-order valence-corrected chi connectivity index (χ2v) is 4.17. The summed E-state index contributed by atoms with van der Waals surface area (Å²) in [6.45, 7) is -0.266. The number of ether oxygens (including phenoxy) is 1. The van der Waals surface area contributed by atoms with E-state index in [-0.39, 0.29) is 29.2 Å². The van der Waals surface area contributed by atoms with Crippen LogP contribution in [0.2, 0.25) is 0 Å². The fourth-order valence-electron chi connectivity index (χ4n) is 1.73. The normalized spacial score (nSPS) is 10.2. The third-order valence-corrected chi connectivity index (χ3v) is 2.63. The van der Waals surface area contributed by atoms with Gasteiger partial charge >= 0.3 is 5.69 Å². The Bertz CT molecular complexity index is 683. The first-order chi connectivity index (χ1) is 9.99. The summed E-state index contributed by atoms with van der Waals surface area (Å²) in [5, 5.41) is 10.9. The number of rotatable bonds is 5. The highest BCUT2D eigenvalue weighted by Crippen LogP contribution is 2.28. The van der Waals surface area contributed by atoms with Crippen LogP contribution in [0.15, 0.2) is 36.4 Å². The van der Waals surface area contributed by atoms with Gasteiger partial charge in [0.15, 0.2) is 5.75 Å². The average Bonchev–Trinajstić information content (AvgIpc) is 2.43. The van der Waals surface area contributed by atoms with Crippen LogP contribution in [0.5, 0.6) is 5.75 Å². The van der Waals surface area contributed by atoms with Crippen molar-refractivity contribution in [2.24, 2.45) is 0 Å². The van der Waals surface area contributed by atoms with Crippen molar-refractivity contribution < 1.29 is 23.2 Å². The Balaban J connectivity index is 2.25. The van der Waals surface area contributed by atoms with Gasteiger partial charge in [-0.3, -0.25) is 14.9 Å². The molecule has 0 bridgehead atoms. The van der Waals surface area contributed by atoms with E-state index in [0.29, 0.717) is 12.4 Å². The summed E-state index contributed by atoms with van der Waals surface area (Å²) < 4.78 is 31.3. The van der Waals surface area contributed by atoms with Crippen LogP contribution in [0.25, 0.3) is 0 Å². The standard InChI is InChI=1S/C14H9F2NO4/c15-11-3-10(4-12(16)6-11)8-21-14-5-9(7-18)1-2-13(14)17(19)20/h1-7H,8H2. The van der Waals surface area contributed by atoms with E-state index in [2.05, 4.69) is 0 Å². The van der Waals surface area contributed by atoms with Crippen molar-refractivity contribution in [3.05, 3.63) is 69.3 Å². The van der Waals surface area contributed by atoms with E-state index >= 15 is 0 Å². The van der Waals surface area contributed by atoms with Crippen molar-refractivity contribution in [1.29, 1.82) is 0 Å². The SMILES string of the molecule is O=Cc1ccc([N+](=O)[O-])c(OCc2cc(F)cc(F)c2)c1. The highest BCUT2D eigenvalue weighted by molar-refractivity contribution is 5.76. The Morgan fingerprint density at radius 1 is 1.14 bits per heavy atom. The number of hydrogen-bond acceptors (Lipinski definition) is 4. The summed E-state index contributed by atoms with van der Waals surface area (Å²) in [5.74, 6) is -1.69. The number of hydrogen-bond donors (Lipinski definition) is 0. The van der Waals surface area contributed by atoms with Gasteiger partial charge in [0.2, 0.25) is 0 Å². The highest BCUT2D eigenvalue weighted by Gasteiger charge is 2.16. The lowest BCUT2D eigenvalue weighted by Gasteiger charge is -2.07. The second-order valence-electron chi connectivity index (χ2n) is 4.17. The predicted molar refractivity (Wildman–Crippen MR) is 69.2 cm³/mol. The maximum Gasteiger partial charge on any atom is 0.310 e. The van der Waals surface area contributed by atoms with Crippen LogP contribution in [0.1, 0.15) is 15.9 Å². The van der Waals surface area contributed by atoms with Crippen molar-refractivity contribution in [3.8, 4) is 5.75 Å². The van der Waals surface area contributed by atoms with Gasteiger partial charge in [-0.2, -0.15) is 0 Å². The molecule has 21 heavy (non-hydrogen) atoms. The molecule has 0 amide bonds. The molecule has 0 aromatic heterocycles. The Kier molecular flexibility index (Phi) is 4.22. The molecular weight excluding hydrogens is 284 g/mol. The lowest BCUT2D eigenvalue weighted by molar-refractivity contribution is -0.385. The molecule has 2 aromatic rings. The van der Waals surface area contributed by atoms with Gasteiger partial charge in [0, 0.05) is 17.7 Å². The number of carbonyl (C=O) groups excluding carboxylic acids is 1. The van der Waals surface area contributed by atoms with Crippen molar-refractivity contribution in [3.63, 3.8) is 0 Å². The van der Waals surface area contributed by atoms with Gasteiger partial charge in [0.25, 0.3) is 0 Å². The van der Waals surface area contributed by atoms with Crippen molar-refractivity contribution in [2.45, 2.75) is 6.61 Å². The molecule has 108 valence electrons. The lowest BCUT2D eigenvalue weighted by Crippen LogP contribution is -2.01. The molecule has 0 saturated heterocycles. The van der Waals surface area contributed by atoms with Crippen molar-refractivity contribution in [1.82, 2.24) is 0 Å². The monoisotopic (exact) mass is 293 g/mol. The Hall–Kier alpha value is -2.83. The number of benzene rings is 2. The number of nitrogens with zero attached hydrogens (tertiary/aromatic N) is 1. The largest absolute Gasteiger partial charge is 0.482 e. The number of halogens is 2. The van der Waals surface area contributed by atoms with E-state index in [1.165, 1.54) is 12.1 Å². The molecule has 2 rings (SSSR count). The number of nitro benzene ring substituents is 1. The van der Waals surface area contributed by atoms with E-state index < -0.39 is 16.6 Å². The van der Waals surface area contributed by atoms with Crippen LogP contribution in [-0.4, -0.2) is 11.2 Å². The summed E-state index contributed by atoms with van der Waals surface area (Å²) in [7, 11) is 0. The number of carbonyl (C=O) groups is 1. The third-order valence-electron chi connectivity index (χ3n) is 2.63. The maximum absolute atomic E-state index is 13.0. The third kappa shape index (κ3) is 3.59. The van der Waals surface area contributed by atoms with Gasteiger partial charge in [-0.25, -0.2) is 8.78 Å².